The van der Waals surface area contributed by atoms with Crippen molar-refractivity contribution in [3.63, 3.8) is 0 Å². The van der Waals surface area contributed by atoms with Gasteiger partial charge in [0.05, 0.1) is 18.8 Å². The van der Waals surface area contributed by atoms with Gasteiger partial charge in [0.2, 0.25) is 0 Å². The lowest BCUT2D eigenvalue weighted by Crippen LogP contribution is -2.46. The van der Waals surface area contributed by atoms with Crippen LogP contribution in [-0.2, 0) is 27.1 Å². The number of aliphatic carboxylic acids is 1. The Morgan fingerprint density at radius 1 is 1.23 bits per heavy atom. The van der Waals surface area contributed by atoms with Gasteiger partial charge in [-0.2, -0.15) is 13.2 Å². The molecule has 1 amide bonds. The number of benzene rings is 1. The number of carbonyl (C=O) groups excluding carboxylic acids is 1. The lowest BCUT2D eigenvalue weighted by Gasteiger charge is -2.22. The van der Waals surface area contributed by atoms with Crippen LogP contribution in [0, 0.1) is 5.82 Å². The fourth-order valence-corrected chi connectivity index (χ4v) is 1.87. The maximum absolute atomic E-state index is 13.7. The van der Waals surface area contributed by atoms with Crippen molar-refractivity contribution in [1.82, 2.24) is 5.32 Å². The molecule has 146 valence electrons. The van der Waals surface area contributed by atoms with E-state index in [2.05, 4.69) is 0 Å². The van der Waals surface area contributed by atoms with E-state index < -0.39 is 60.0 Å². The molecule has 0 aromatic heterocycles. The molecular weight excluding hydrogens is 362 g/mol. The standard InChI is InChI=1S/C16H19F4NO5/c1-15(2,3)26-14(24)21-12(13(22)23)8-25-7-9-10(16(18,19)20)5-4-6-11(9)17/h4-6,12H,7-8H2,1-3H3,(H,21,24)(H,22,23)/t12-/m1/s1. The number of ether oxygens (including phenoxy) is 2. The molecule has 0 bridgehead atoms. The Labute approximate surface area is 147 Å². The zero-order chi connectivity index (χ0) is 20.1. The number of alkyl halides is 3. The number of hydrogen-bond acceptors (Lipinski definition) is 4. The molecule has 1 aromatic carbocycles. The molecule has 0 aliphatic heterocycles. The van der Waals surface area contributed by atoms with E-state index in [-0.39, 0.29) is 0 Å². The highest BCUT2D eigenvalue weighted by atomic mass is 19.4. The first kappa shape index (κ1) is 21.7. The molecule has 26 heavy (non-hydrogen) atoms. The fourth-order valence-electron chi connectivity index (χ4n) is 1.87. The van der Waals surface area contributed by atoms with Crippen LogP contribution in [0.1, 0.15) is 31.9 Å². The second kappa shape index (κ2) is 8.35. The molecule has 1 rings (SSSR count). The highest BCUT2D eigenvalue weighted by molar-refractivity contribution is 5.80. The topological polar surface area (TPSA) is 84.9 Å². The van der Waals surface area contributed by atoms with Crippen molar-refractivity contribution in [1.29, 1.82) is 0 Å². The van der Waals surface area contributed by atoms with Gasteiger partial charge in [-0.1, -0.05) is 6.07 Å². The molecule has 0 radical (unpaired) electrons. The number of carboxylic acid groups (broad SMARTS) is 1. The molecular formula is C16H19F4NO5. The number of hydrogen-bond donors (Lipinski definition) is 2. The van der Waals surface area contributed by atoms with Crippen molar-refractivity contribution in [2.24, 2.45) is 0 Å². The van der Waals surface area contributed by atoms with E-state index in [1.165, 1.54) is 0 Å². The van der Waals surface area contributed by atoms with Crippen LogP contribution in [0.3, 0.4) is 0 Å². The van der Waals surface area contributed by atoms with Gasteiger partial charge in [0, 0.05) is 5.56 Å². The number of amides is 1. The summed E-state index contributed by atoms with van der Waals surface area (Å²) < 4.78 is 62.1. The van der Waals surface area contributed by atoms with Crippen LogP contribution < -0.4 is 5.32 Å². The Kier molecular flexibility index (Phi) is 6.96. The van der Waals surface area contributed by atoms with Crippen molar-refractivity contribution in [3.8, 4) is 0 Å². The number of halogens is 4. The summed E-state index contributed by atoms with van der Waals surface area (Å²) in [5, 5.41) is 11.1. The molecule has 0 heterocycles. The molecule has 0 fully saturated rings. The fraction of sp³-hybridized carbons (Fsp3) is 0.500. The second-order valence-corrected chi connectivity index (χ2v) is 6.32. The highest BCUT2D eigenvalue weighted by Gasteiger charge is 2.34. The van der Waals surface area contributed by atoms with Crippen molar-refractivity contribution in [3.05, 3.63) is 35.1 Å². The molecule has 0 saturated heterocycles. The van der Waals surface area contributed by atoms with Crippen LogP contribution in [-0.4, -0.2) is 35.4 Å². The molecule has 10 heteroatoms. The smallest absolute Gasteiger partial charge is 0.416 e. The lowest BCUT2D eigenvalue weighted by molar-refractivity contribution is -0.142. The van der Waals surface area contributed by atoms with E-state index in [0.717, 1.165) is 12.1 Å². The number of carbonyl (C=O) groups is 2. The zero-order valence-corrected chi connectivity index (χ0v) is 14.3. The van der Waals surface area contributed by atoms with Gasteiger partial charge in [0.25, 0.3) is 0 Å². The molecule has 2 N–H and O–H groups in total. The van der Waals surface area contributed by atoms with Gasteiger partial charge in [0.1, 0.15) is 11.4 Å². The molecule has 0 spiro atoms. The average Bonchev–Trinajstić information content (AvgIpc) is 2.44. The lowest BCUT2D eigenvalue weighted by atomic mass is 10.1. The quantitative estimate of drug-likeness (QED) is 0.739. The SMILES string of the molecule is CC(C)(C)OC(=O)N[C@H](COCc1c(F)cccc1C(F)(F)F)C(=O)O. The van der Waals surface area contributed by atoms with Crippen LogP contribution in [0.4, 0.5) is 22.4 Å². The number of carboxylic acids is 1. The molecule has 6 nitrogen and oxygen atoms in total. The molecule has 1 aromatic rings. The van der Waals surface area contributed by atoms with Crippen LogP contribution >= 0.6 is 0 Å². The zero-order valence-electron chi connectivity index (χ0n) is 14.3. The second-order valence-electron chi connectivity index (χ2n) is 6.32. The van der Waals surface area contributed by atoms with E-state index in [1.807, 2.05) is 5.32 Å². The number of nitrogens with one attached hydrogen (secondary N) is 1. The summed E-state index contributed by atoms with van der Waals surface area (Å²) in [7, 11) is 0. The third kappa shape index (κ3) is 6.87. The van der Waals surface area contributed by atoms with Gasteiger partial charge in [-0.05, 0) is 32.9 Å². The highest BCUT2D eigenvalue weighted by Crippen LogP contribution is 2.33. The summed E-state index contributed by atoms with van der Waals surface area (Å²) in [6, 6.07) is 0.855. The van der Waals surface area contributed by atoms with Gasteiger partial charge >= 0.3 is 18.2 Å². The molecule has 0 aliphatic carbocycles. The minimum absolute atomic E-state index is 0.680. The van der Waals surface area contributed by atoms with Crippen molar-refractivity contribution >= 4 is 12.1 Å². The Balaban J connectivity index is 2.75. The normalized spacial score (nSPS) is 13.2. The van der Waals surface area contributed by atoms with Crippen molar-refractivity contribution in [2.75, 3.05) is 6.61 Å². The maximum Gasteiger partial charge on any atom is 0.416 e. The molecule has 0 saturated carbocycles. The van der Waals surface area contributed by atoms with Gasteiger partial charge in [-0.3, -0.25) is 0 Å². The molecule has 1 atom stereocenters. The minimum atomic E-state index is -4.79. The molecule has 0 aliphatic rings. The molecule has 0 unspecified atom stereocenters. The summed E-state index contributed by atoms with van der Waals surface area (Å²) in [5.41, 5.74) is -2.84. The third-order valence-corrected chi connectivity index (χ3v) is 2.94. The van der Waals surface area contributed by atoms with Gasteiger partial charge in [0.15, 0.2) is 6.04 Å². The van der Waals surface area contributed by atoms with Crippen LogP contribution in [0.15, 0.2) is 18.2 Å². The van der Waals surface area contributed by atoms with Crippen LogP contribution in [0.5, 0.6) is 0 Å². The van der Waals surface area contributed by atoms with Gasteiger partial charge < -0.3 is 19.9 Å². The largest absolute Gasteiger partial charge is 0.480 e. The maximum atomic E-state index is 13.7. The summed E-state index contributed by atoms with van der Waals surface area (Å²) in [4.78, 5) is 22.7. The monoisotopic (exact) mass is 381 g/mol. The first-order valence-electron chi connectivity index (χ1n) is 7.46. The van der Waals surface area contributed by atoms with Gasteiger partial charge in [-0.25, -0.2) is 14.0 Å². The van der Waals surface area contributed by atoms with E-state index >= 15 is 0 Å². The predicted octanol–water partition coefficient (Wildman–Crippen LogP) is 3.34. The Bertz CT molecular complexity index is 655. The first-order valence-corrected chi connectivity index (χ1v) is 7.46. The Hall–Kier alpha value is -2.36. The summed E-state index contributed by atoms with van der Waals surface area (Å²) in [6.45, 7) is 3.20. The van der Waals surface area contributed by atoms with E-state index in [4.69, 9.17) is 14.6 Å². The Morgan fingerprint density at radius 3 is 2.35 bits per heavy atom. The third-order valence-electron chi connectivity index (χ3n) is 2.94. The number of rotatable bonds is 6. The summed E-state index contributed by atoms with van der Waals surface area (Å²) in [6.07, 6.45) is -5.82. The van der Waals surface area contributed by atoms with Crippen molar-refractivity contribution < 1.29 is 41.7 Å². The summed E-state index contributed by atoms with van der Waals surface area (Å²) >= 11 is 0. The van der Waals surface area contributed by atoms with E-state index in [1.54, 1.807) is 20.8 Å². The Morgan fingerprint density at radius 2 is 1.85 bits per heavy atom. The van der Waals surface area contributed by atoms with Crippen LogP contribution in [0.25, 0.3) is 0 Å². The van der Waals surface area contributed by atoms with E-state index in [9.17, 15) is 27.2 Å². The predicted molar refractivity (Wildman–Crippen MR) is 81.9 cm³/mol. The average molecular weight is 381 g/mol. The number of alkyl carbamates (subject to hydrolysis) is 1. The van der Waals surface area contributed by atoms with Crippen molar-refractivity contribution in [2.45, 2.75) is 45.2 Å². The van der Waals surface area contributed by atoms with E-state index in [0.29, 0.717) is 6.07 Å². The first-order chi connectivity index (χ1) is 11.8. The van der Waals surface area contributed by atoms with Crippen LogP contribution in [0.2, 0.25) is 0 Å². The summed E-state index contributed by atoms with van der Waals surface area (Å²) in [5.74, 6) is -2.62. The van der Waals surface area contributed by atoms with Gasteiger partial charge in [-0.15, -0.1) is 0 Å². The minimum Gasteiger partial charge on any atom is -0.480 e.